The van der Waals surface area contributed by atoms with Crippen LogP contribution in [0, 0.1) is 0 Å². The van der Waals surface area contributed by atoms with E-state index in [2.05, 4.69) is 20.2 Å². The van der Waals surface area contributed by atoms with E-state index in [-0.39, 0.29) is 33.2 Å². The number of hydrogen-bond acceptors (Lipinski definition) is 7. The number of anilines is 1. The van der Waals surface area contributed by atoms with Crippen molar-refractivity contribution in [1.29, 1.82) is 0 Å². The first kappa shape index (κ1) is 22.8. The van der Waals surface area contributed by atoms with Crippen molar-refractivity contribution in [2.45, 2.75) is 38.5 Å². The fourth-order valence-electron chi connectivity index (χ4n) is 3.99. The van der Waals surface area contributed by atoms with Gasteiger partial charge >= 0.3 is 6.18 Å². The van der Waals surface area contributed by atoms with E-state index in [0.29, 0.717) is 38.7 Å². The number of rotatable bonds is 4. The first-order valence-electron chi connectivity index (χ1n) is 10.4. The van der Waals surface area contributed by atoms with Gasteiger partial charge in [0.15, 0.2) is 0 Å². The van der Waals surface area contributed by atoms with Crippen molar-refractivity contribution in [3.8, 4) is 0 Å². The molecule has 0 spiro atoms. The van der Waals surface area contributed by atoms with Crippen molar-refractivity contribution in [2.75, 3.05) is 44.7 Å². The van der Waals surface area contributed by atoms with E-state index in [9.17, 15) is 18.0 Å². The summed E-state index contributed by atoms with van der Waals surface area (Å²) in [6.45, 7) is 8.90. The standard InChI is InChI=1S/C21H26F3N5O2S/c1-12(19-27-20(2,3)11-31-19)28-5-7-29(8-6-28)15-9-14(21(22,23)24)17-16(26-15)13(10-32-17)18(30)25-4/h9-10,12H,5-8,11H2,1-4H3,(H,25,30). The number of nitrogens with one attached hydrogen (secondary N) is 1. The first-order chi connectivity index (χ1) is 15.0. The molecule has 1 N–H and O–H groups in total. The first-order valence-corrected chi connectivity index (χ1v) is 11.3. The van der Waals surface area contributed by atoms with Crippen LogP contribution in [0.3, 0.4) is 0 Å². The summed E-state index contributed by atoms with van der Waals surface area (Å²) >= 11 is 0.888. The number of aromatic nitrogens is 1. The Kier molecular flexibility index (Phi) is 5.83. The quantitative estimate of drug-likeness (QED) is 0.744. The Balaban J connectivity index is 1.58. The molecule has 2 aromatic heterocycles. The molecule has 1 atom stereocenters. The van der Waals surface area contributed by atoms with E-state index in [4.69, 9.17) is 4.74 Å². The summed E-state index contributed by atoms with van der Waals surface area (Å²) in [6.07, 6.45) is -4.54. The highest BCUT2D eigenvalue weighted by atomic mass is 32.1. The zero-order chi connectivity index (χ0) is 23.3. The van der Waals surface area contributed by atoms with E-state index in [0.717, 1.165) is 17.4 Å². The molecule has 174 valence electrons. The number of amides is 1. The molecule has 2 aromatic rings. The summed E-state index contributed by atoms with van der Waals surface area (Å²) in [7, 11) is 1.44. The Morgan fingerprint density at radius 2 is 1.97 bits per heavy atom. The third-order valence-corrected chi connectivity index (χ3v) is 6.82. The van der Waals surface area contributed by atoms with Crippen LogP contribution in [0.4, 0.5) is 19.0 Å². The van der Waals surface area contributed by atoms with Gasteiger partial charge in [0.2, 0.25) is 5.90 Å². The lowest BCUT2D eigenvalue weighted by Crippen LogP contribution is -2.52. The number of halogens is 3. The molecule has 1 unspecified atom stereocenters. The lowest BCUT2D eigenvalue weighted by Gasteiger charge is -2.38. The van der Waals surface area contributed by atoms with Crippen LogP contribution in [-0.2, 0) is 10.9 Å². The van der Waals surface area contributed by atoms with E-state index < -0.39 is 17.6 Å². The second-order valence-corrected chi connectivity index (χ2v) is 9.56. The van der Waals surface area contributed by atoms with Crippen LogP contribution in [0.5, 0.6) is 0 Å². The fraction of sp³-hybridized carbons (Fsp3) is 0.571. The summed E-state index contributed by atoms with van der Waals surface area (Å²) in [5, 5.41) is 3.90. The predicted octanol–water partition coefficient (Wildman–Crippen LogP) is 3.39. The molecule has 32 heavy (non-hydrogen) atoms. The number of fused-ring (bicyclic) bond motifs is 1. The zero-order valence-corrected chi connectivity index (χ0v) is 19.2. The molecule has 0 bridgehead atoms. The molecule has 0 aliphatic carbocycles. The average Bonchev–Trinajstić information content (AvgIpc) is 3.34. The number of hydrogen-bond donors (Lipinski definition) is 1. The van der Waals surface area contributed by atoms with Crippen LogP contribution in [0.25, 0.3) is 10.2 Å². The molecule has 2 aliphatic heterocycles. The van der Waals surface area contributed by atoms with Gasteiger partial charge in [0.05, 0.1) is 32.9 Å². The van der Waals surface area contributed by atoms with Gasteiger partial charge in [0.25, 0.3) is 5.91 Å². The summed E-state index contributed by atoms with van der Waals surface area (Å²) in [6, 6.07) is 1.09. The summed E-state index contributed by atoms with van der Waals surface area (Å²) in [4.78, 5) is 25.3. The molecular formula is C21H26F3N5O2S. The highest BCUT2D eigenvalue weighted by Crippen LogP contribution is 2.40. The van der Waals surface area contributed by atoms with E-state index in [1.807, 2.05) is 25.7 Å². The molecule has 0 radical (unpaired) electrons. The number of piperazine rings is 1. The van der Waals surface area contributed by atoms with Crippen molar-refractivity contribution < 1.29 is 22.7 Å². The summed E-state index contributed by atoms with van der Waals surface area (Å²) < 4.78 is 47.1. The number of carbonyl (C=O) groups excluding carboxylic acids is 1. The summed E-state index contributed by atoms with van der Waals surface area (Å²) in [5.74, 6) is 0.486. The minimum absolute atomic E-state index is 0.00294. The van der Waals surface area contributed by atoms with Crippen LogP contribution in [-0.4, -0.2) is 73.1 Å². The van der Waals surface area contributed by atoms with Crippen LogP contribution in [0.1, 0.15) is 36.7 Å². The number of pyridine rings is 1. The second kappa shape index (κ2) is 8.18. The molecule has 4 rings (SSSR count). The Hall–Kier alpha value is -2.40. The predicted molar refractivity (Wildman–Crippen MR) is 119 cm³/mol. The Bertz CT molecular complexity index is 1060. The van der Waals surface area contributed by atoms with E-state index in [1.54, 1.807) is 0 Å². The highest BCUT2D eigenvalue weighted by Gasteiger charge is 2.37. The molecule has 2 aliphatic rings. The van der Waals surface area contributed by atoms with Crippen LogP contribution >= 0.6 is 11.3 Å². The third kappa shape index (κ3) is 4.27. The van der Waals surface area contributed by atoms with Gasteiger partial charge in [-0.1, -0.05) is 0 Å². The maximum absolute atomic E-state index is 13.8. The largest absolute Gasteiger partial charge is 0.477 e. The molecule has 7 nitrogen and oxygen atoms in total. The van der Waals surface area contributed by atoms with Gasteiger partial charge in [0.1, 0.15) is 12.4 Å². The summed E-state index contributed by atoms with van der Waals surface area (Å²) in [5.41, 5.74) is -0.747. The van der Waals surface area contributed by atoms with Gasteiger partial charge in [-0.15, -0.1) is 11.3 Å². The lowest BCUT2D eigenvalue weighted by atomic mass is 10.1. The van der Waals surface area contributed by atoms with E-state index in [1.165, 1.54) is 12.4 Å². The van der Waals surface area contributed by atoms with Gasteiger partial charge in [-0.25, -0.2) is 9.98 Å². The van der Waals surface area contributed by atoms with Gasteiger partial charge < -0.3 is 15.0 Å². The molecule has 11 heteroatoms. The minimum atomic E-state index is -4.54. The Labute approximate surface area is 188 Å². The third-order valence-electron chi connectivity index (χ3n) is 5.82. The molecule has 1 amide bonds. The van der Waals surface area contributed by atoms with Crippen LogP contribution < -0.4 is 10.2 Å². The molecule has 1 saturated heterocycles. The second-order valence-electron chi connectivity index (χ2n) is 8.68. The van der Waals surface area contributed by atoms with Crippen molar-refractivity contribution in [3.05, 3.63) is 22.6 Å². The zero-order valence-electron chi connectivity index (χ0n) is 18.4. The lowest BCUT2D eigenvalue weighted by molar-refractivity contribution is -0.136. The van der Waals surface area contributed by atoms with Gasteiger partial charge in [-0.05, 0) is 26.8 Å². The minimum Gasteiger partial charge on any atom is -0.477 e. The van der Waals surface area contributed by atoms with Gasteiger partial charge in [0, 0.05) is 38.6 Å². The number of ether oxygens (including phenoxy) is 1. The van der Waals surface area contributed by atoms with Crippen molar-refractivity contribution in [2.24, 2.45) is 4.99 Å². The molecule has 0 aromatic carbocycles. The molecule has 4 heterocycles. The van der Waals surface area contributed by atoms with Crippen LogP contribution in [0.2, 0.25) is 0 Å². The van der Waals surface area contributed by atoms with Gasteiger partial charge in [-0.2, -0.15) is 13.2 Å². The van der Waals surface area contributed by atoms with Gasteiger partial charge in [-0.3, -0.25) is 9.69 Å². The normalized spacial score (nSPS) is 20.2. The number of nitrogens with zero attached hydrogens (tertiary/aromatic N) is 4. The van der Waals surface area contributed by atoms with E-state index >= 15 is 0 Å². The molecule has 0 saturated carbocycles. The SMILES string of the molecule is CNC(=O)c1csc2c(C(F)(F)F)cc(N3CCN(C(C)C4=NC(C)(C)CO4)CC3)nc12. The fourth-order valence-corrected chi connectivity index (χ4v) is 5.01. The number of aliphatic imine (C=N–C) groups is 1. The molecule has 1 fully saturated rings. The number of thiophene rings is 1. The average molecular weight is 470 g/mol. The van der Waals surface area contributed by atoms with Crippen LogP contribution in [0.15, 0.2) is 16.4 Å². The maximum atomic E-state index is 13.8. The number of carbonyl (C=O) groups is 1. The smallest absolute Gasteiger partial charge is 0.417 e. The molecular weight excluding hydrogens is 443 g/mol. The van der Waals surface area contributed by atoms with Crippen molar-refractivity contribution >= 4 is 39.2 Å². The topological polar surface area (TPSA) is 70.1 Å². The Morgan fingerprint density at radius 3 is 2.53 bits per heavy atom. The Morgan fingerprint density at radius 1 is 1.28 bits per heavy atom. The van der Waals surface area contributed by atoms with Crippen molar-refractivity contribution in [1.82, 2.24) is 15.2 Å². The number of alkyl halides is 3. The maximum Gasteiger partial charge on any atom is 0.417 e. The monoisotopic (exact) mass is 469 g/mol. The van der Waals surface area contributed by atoms with Crippen molar-refractivity contribution in [3.63, 3.8) is 0 Å². The highest BCUT2D eigenvalue weighted by molar-refractivity contribution is 7.17.